The Kier molecular flexibility index (Phi) is 7.04. The van der Waals surface area contributed by atoms with Gasteiger partial charge in [0.1, 0.15) is 0 Å². The number of carbonyl (C=O) groups is 1. The van der Waals surface area contributed by atoms with Crippen LogP contribution in [0.1, 0.15) is 90.7 Å². The van der Waals surface area contributed by atoms with Crippen molar-refractivity contribution in [2.75, 3.05) is 0 Å². The lowest BCUT2D eigenvalue weighted by Gasteiger charge is -2.62. The van der Waals surface area contributed by atoms with Crippen molar-refractivity contribution < 1.29 is 15.0 Å². The highest BCUT2D eigenvalue weighted by Gasteiger charge is 2.62. The van der Waals surface area contributed by atoms with E-state index in [1.165, 1.54) is 25.7 Å². The van der Waals surface area contributed by atoms with Gasteiger partial charge in [0.2, 0.25) is 5.91 Å². The number of nitrogens with zero attached hydrogens (tertiary/aromatic N) is 1. The van der Waals surface area contributed by atoms with E-state index in [0.29, 0.717) is 48.5 Å². The Morgan fingerprint density at radius 1 is 1.09 bits per heavy atom. The maximum atomic E-state index is 12.5. The summed E-state index contributed by atoms with van der Waals surface area (Å²) in [6.45, 7) is 7.84. The second-order valence-corrected chi connectivity index (χ2v) is 13.1. The van der Waals surface area contributed by atoms with Gasteiger partial charge in [-0.25, -0.2) is 0 Å². The number of aromatic nitrogens is 1. The molecule has 0 aromatic carbocycles. The maximum absolute atomic E-state index is 12.5. The van der Waals surface area contributed by atoms with Gasteiger partial charge < -0.3 is 15.5 Å². The van der Waals surface area contributed by atoms with Crippen molar-refractivity contribution in [2.45, 2.75) is 104 Å². The van der Waals surface area contributed by atoms with E-state index in [1.54, 1.807) is 6.20 Å². The normalized spacial score (nSPS) is 43.5. The molecule has 1 amide bonds. The Labute approximate surface area is 211 Å². The molecule has 0 bridgehead atoms. The average Bonchev–Trinajstić information content (AvgIpc) is 3.20. The number of fused-ring (bicyclic) bond motifs is 5. The minimum atomic E-state index is -0.223. The molecule has 0 radical (unpaired) electrons. The number of nitrogens with one attached hydrogen (secondary N) is 1. The summed E-state index contributed by atoms with van der Waals surface area (Å²) in [6.07, 6.45) is 11.6. The van der Waals surface area contributed by atoms with Crippen molar-refractivity contribution >= 4 is 5.91 Å². The van der Waals surface area contributed by atoms with Crippen molar-refractivity contribution in [2.24, 2.45) is 46.3 Å². The highest BCUT2D eigenvalue weighted by atomic mass is 16.3. The Morgan fingerprint density at radius 3 is 2.63 bits per heavy atom. The first-order valence-electron chi connectivity index (χ1n) is 14.2. The molecule has 4 fully saturated rings. The van der Waals surface area contributed by atoms with Crippen LogP contribution in [0.15, 0.2) is 24.4 Å². The lowest BCUT2D eigenvalue weighted by Crippen LogP contribution is -2.58. The minimum absolute atomic E-state index is 0.118. The highest BCUT2D eigenvalue weighted by Crippen LogP contribution is 2.68. The van der Waals surface area contributed by atoms with E-state index >= 15 is 0 Å². The van der Waals surface area contributed by atoms with Crippen LogP contribution in [0.4, 0.5) is 0 Å². The Bertz CT molecular complexity index is 893. The number of pyridine rings is 1. The van der Waals surface area contributed by atoms with Crippen LogP contribution in [0.3, 0.4) is 0 Å². The third-order valence-corrected chi connectivity index (χ3v) is 11.4. The number of carbonyl (C=O) groups excluding carboxylic acids is 1. The first kappa shape index (κ1) is 25.2. The third-order valence-electron chi connectivity index (χ3n) is 11.4. The van der Waals surface area contributed by atoms with Gasteiger partial charge in [-0.3, -0.25) is 9.78 Å². The number of aliphatic hydroxyl groups is 2. The standard InChI is InChI=1S/C30H46N2O3/c1-19(7-10-27(35)32-18-21-6-4-5-15-31-21)23-8-9-24-28-25(12-14-30(23,24)3)29(2)13-11-22(33)16-20(29)17-26(28)34/h4-6,15,19-20,22-26,28,33-34H,7-14,16-18H2,1-3H3,(H,32,35)/t19-,20-,22-,23+,24-,25+,26+,28-,29+,30-/m1/s1. The first-order valence-corrected chi connectivity index (χ1v) is 14.2. The van der Waals surface area contributed by atoms with Gasteiger partial charge in [-0.1, -0.05) is 26.8 Å². The lowest BCUT2D eigenvalue weighted by molar-refractivity contribution is -0.174. The van der Waals surface area contributed by atoms with Gasteiger partial charge in [-0.15, -0.1) is 0 Å². The molecule has 4 saturated carbocycles. The van der Waals surface area contributed by atoms with E-state index in [1.807, 2.05) is 18.2 Å². The van der Waals surface area contributed by atoms with Crippen molar-refractivity contribution in [1.29, 1.82) is 0 Å². The van der Waals surface area contributed by atoms with Gasteiger partial charge in [0.05, 0.1) is 24.4 Å². The van der Waals surface area contributed by atoms with Gasteiger partial charge in [0, 0.05) is 12.6 Å². The molecule has 1 aromatic rings. The smallest absolute Gasteiger partial charge is 0.220 e. The fourth-order valence-corrected chi connectivity index (χ4v) is 9.52. The van der Waals surface area contributed by atoms with Crippen LogP contribution in [0.5, 0.6) is 0 Å². The second kappa shape index (κ2) is 9.78. The molecule has 5 rings (SSSR count). The van der Waals surface area contributed by atoms with Crippen LogP contribution >= 0.6 is 0 Å². The van der Waals surface area contributed by atoms with Gasteiger partial charge in [0.15, 0.2) is 0 Å². The Morgan fingerprint density at radius 2 is 1.86 bits per heavy atom. The van der Waals surface area contributed by atoms with Gasteiger partial charge in [-0.05, 0) is 116 Å². The van der Waals surface area contributed by atoms with Crippen LogP contribution in [0, 0.1) is 46.3 Å². The minimum Gasteiger partial charge on any atom is -0.393 e. The van der Waals surface area contributed by atoms with Crippen molar-refractivity contribution in [3.05, 3.63) is 30.1 Å². The first-order chi connectivity index (χ1) is 16.7. The van der Waals surface area contributed by atoms with Gasteiger partial charge >= 0.3 is 0 Å². The van der Waals surface area contributed by atoms with Crippen LogP contribution in [0.25, 0.3) is 0 Å². The zero-order valence-electron chi connectivity index (χ0n) is 22.0. The summed E-state index contributed by atoms with van der Waals surface area (Å²) >= 11 is 0. The largest absolute Gasteiger partial charge is 0.393 e. The molecule has 0 saturated heterocycles. The number of rotatable bonds is 6. The molecule has 4 aliphatic rings. The molecule has 1 heterocycles. The molecular weight excluding hydrogens is 436 g/mol. The van der Waals surface area contributed by atoms with Gasteiger partial charge in [-0.2, -0.15) is 0 Å². The SMILES string of the molecule is C[C@H](CCC(=O)NCc1ccccn1)[C@@H]1CC[C@@H]2[C@H]3[C@@H](O)C[C@H]4C[C@H](O)CC[C@]4(C)[C@H]3CC[C@@]21C. The Hall–Kier alpha value is -1.46. The Balaban J connectivity index is 1.21. The average molecular weight is 483 g/mol. The zero-order valence-corrected chi connectivity index (χ0v) is 22.0. The van der Waals surface area contributed by atoms with E-state index in [0.717, 1.165) is 37.8 Å². The van der Waals surface area contributed by atoms with Gasteiger partial charge in [0.25, 0.3) is 0 Å². The maximum Gasteiger partial charge on any atom is 0.220 e. The second-order valence-electron chi connectivity index (χ2n) is 13.1. The predicted molar refractivity (Wildman–Crippen MR) is 137 cm³/mol. The fourth-order valence-electron chi connectivity index (χ4n) is 9.52. The summed E-state index contributed by atoms with van der Waals surface area (Å²) in [5, 5.41) is 24.8. The van der Waals surface area contributed by atoms with Crippen molar-refractivity contribution in [3.63, 3.8) is 0 Å². The summed E-state index contributed by atoms with van der Waals surface area (Å²) in [4.78, 5) is 16.8. The van der Waals surface area contributed by atoms with Crippen molar-refractivity contribution in [1.82, 2.24) is 10.3 Å². The molecule has 1 aromatic heterocycles. The summed E-state index contributed by atoms with van der Waals surface area (Å²) in [5.41, 5.74) is 1.44. The van der Waals surface area contributed by atoms with Crippen LogP contribution < -0.4 is 5.32 Å². The topological polar surface area (TPSA) is 82.5 Å². The molecule has 5 heteroatoms. The van der Waals surface area contributed by atoms with E-state index in [-0.39, 0.29) is 28.9 Å². The number of hydrogen-bond acceptors (Lipinski definition) is 4. The third kappa shape index (κ3) is 4.56. The molecule has 35 heavy (non-hydrogen) atoms. The molecular formula is C30H46N2O3. The summed E-state index contributed by atoms with van der Waals surface area (Å²) in [5.74, 6) is 3.31. The predicted octanol–water partition coefficient (Wildman–Crippen LogP) is 5.10. The van der Waals surface area contributed by atoms with E-state index in [4.69, 9.17) is 0 Å². The highest BCUT2D eigenvalue weighted by molar-refractivity contribution is 5.75. The molecule has 3 N–H and O–H groups in total. The molecule has 0 unspecified atom stereocenters. The van der Waals surface area contributed by atoms with E-state index in [2.05, 4.69) is 31.1 Å². The molecule has 4 aliphatic carbocycles. The molecule has 0 aliphatic heterocycles. The van der Waals surface area contributed by atoms with Crippen LogP contribution in [0.2, 0.25) is 0 Å². The number of amides is 1. The van der Waals surface area contributed by atoms with E-state index in [9.17, 15) is 15.0 Å². The zero-order chi connectivity index (χ0) is 24.8. The summed E-state index contributed by atoms with van der Waals surface area (Å²) in [6, 6.07) is 5.78. The van der Waals surface area contributed by atoms with E-state index < -0.39 is 0 Å². The number of aliphatic hydroxyl groups excluding tert-OH is 2. The number of hydrogen-bond donors (Lipinski definition) is 3. The molecule has 0 spiro atoms. The molecule has 5 nitrogen and oxygen atoms in total. The molecule has 194 valence electrons. The van der Waals surface area contributed by atoms with Crippen molar-refractivity contribution in [3.8, 4) is 0 Å². The summed E-state index contributed by atoms with van der Waals surface area (Å²) < 4.78 is 0. The fraction of sp³-hybridized carbons (Fsp3) is 0.800. The monoisotopic (exact) mass is 482 g/mol. The lowest BCUT2D eigenvalue weighted by atomic mass is 9.43. The summed E-state index contributed by atoms with van der Waals surface area (Å²) in [7, 11) is 0. The van der Waals surface area contributed by atoms with Crippen LogP contribution in [-0.2, 0) is 11.3 Å². The quantitative estimate of drug-likeness (QED) is 0.527. The van der Waals surface area contributed by atoms with Crippen LogP contribution in [-0.4, -0.2) is 33.3 Å². The molecule has 10 atom stereocenters.